The van der Waals surface area contributed by atoms with E-state index in [1.54, 1.807) is 12.1 Å². The number of H-pyrrole nitrogens is 1. The number of carbonyl (C=O) groups is 3. The summed E-state index contributed by atoms with van der Waals surface area (Å²) in [5, 5.41) is 32.4. The van der Waals surface area contributed by atoms with Crippen molar-refractivity contribution in [3.8, 4) is 17.1 Å². The number of benzene rings is 2. The summed E-state index contributed by atoms with van der Waals surface area (Å²) < 4.78 is 5.47. The van der Waals surface area contributed by atoms with Crippen LogP contribution in [0, 0.1) is 0 Å². The van der Waals surface area contributed by atoms with Crippen LogP contribution in [0.15, 0.2) is 42.6 Å². The number of carbonyl (C=O) groups excluding carboxylic acids is 2. The number of nitrogens with zero attached hydrogens (tertiary/aromatic N) is 7. The maximum atomic E-state index is 13.1. The van der Waals surface area contributed by atoms with E-state index in [2.05, 4.69) is 77.3 Å². The smallest absolute Gasteiger partial charge is 0.326 e. The lowest BCUT2D eigenvalue weighted by atomic mass is 9.85. The number of amides is 2. The van der Waals surface area contributed by atoms with Crippen LogP contribution in [-0.2, 0) is 16.8 Å². The molecule has 0 fully saturated rings. The van der Waals surface area contributed by atoms with Gasteiger partial charge in [0.25, 0.3) is 11.8 Å². The number of fused-ring (bicyclic) bond motifs is 1. The van der Waals surface area contributed by atoms with E-state index in [1.165, 1.54) is 25.4 Å². The summed E-state index contributed by atoms with van der Waals surface area (Å²) in [7, 11) is 1.44. The van der Waals surface area contributed by atoms with Crippen molar-refractivity contribution in [1.29, 1.82) is 0 Å². The van der Waals surface area contributed by atoms with Crippen molar-refractivity contribution in [3.05, 3.63) is 65.0 Å². The number of carboxylic acids is 1. The third-order valence-corrected chi connectivity index (χ3v) is 7.70. The average Bonchev–Trinajstić information content (AvgIpc) is 3.63. The van der Waals surface area contributed by atoms with Crippen LogP contribution in [-0.4, -0.2) is 83.1 Å². The normalized spacial score (nSPS) is 11.9. The van der Waals surface area contributed by atoms with E-state index >= 15 is 0 Å². The topological polar surface area (TPSA) is 275 Å². The predicted molar refractivity (Wildman–Crippen MR) is 183 cm³/mol. The molecule has 0 bridgehead atoms. The van der Waals surface area contributed by atoms with E-state index in [0.717, 1.165) is 5.56 Å². The fourth-order valence-electron chi connectivity index (χ4n) is 5.00. The Bertz CT molecular complexity index is 2030. The summed E-state index contributed by atoms with van der Waals surface area (Å²) in [5.41, 5.74) is 15.1. The van der Waals surface area contributed by atoms with Gasteiger partial charge in [-0.25, -0.2) is 14.8 Å². The number of anilines is 3. The number of aliphatic carboxylic acids is 1. The lowest BCUT2D eigenvalue weighted by molar-refractivity contribution is -0.139. The van der Waals surface area contributed by atoms with Gasteiger partial charge >= 0.3 is 5.97 Å². The number of ether oxygens (including phenoxy) is 1. The predicted octanol–water partition coefficient (Wildman–Crippen LogP) is 2.08. The molecule has 18 heteroatoms. The van der Waals surface area contributed by atoms with E-state index in [1.807, 2.05) is 12.1 Å². The molecule has 3 heterocycles. The standard InChI is InChI=1S/C32H37N13O5/c1-32(2,3)17-8-9-19(20(13-17)26-42-44-45-43-26)29(47)35-11-5-6-22(30(48)49)39-28(46)16-7-10-21(23(12-16)50-4)36-14-18-15-37-27-24(38-18)25(33)40-31(34)41-27/h7-10,12-13,15,22,36H,5-6,11,14H2,1-4H3,(H,35,47)(H,39,46)(H,48,49)(H,42,43,44,45)(H4,33,34,37,40,41)/t22-/m0/s1. The summed E-state index contributed by atoms with van der Waals surface area (Å²) in [5.74, 6) is -1.47. The van der Waals surface area contributed by atoms with Crippen LogP contribution in [0.1, 0.15) is 65.6 Å². The van der Waals surface area contributed by atoms with Gasteiger partial charge in [-0.2, -0.15) is 15.2 Å². The summed E-state index contributed by atoms with van der Waals surface area (Å²) in [6.07, 6.45) is 1.86. The van der Waals surface area contributed by atoms with Gasteiger partial charge in [0, 0.05) is 17.7 Å². The highest BCUT2D eigenvalue weighted by molar-refractivity contribution is 6.00. The maximum Gasteiger partial charge on any atom is 0.326 e. The fraction of sp³-hybridized carbons (Fsp3) is 0.312. The molecule has 0 spiro atoms. The number of nitrogens with one attached hydrogen (secondary N) is 4. The number of rotatable bonds is 13. The van der Waals surface area contributed by atoms with Gasteiger partial charge < -0.3 is 37.3 Å². The number of hydrogen-bond donors (Lipinski definition) is 7. The van der Waals surface area contributed by atoms with Crippen LogP contribution in [0.25, 0.3) is 22.6 Å². The van der Waals surface area contributed by atoms with Crippen molar-refractivity contribution in [2.24, 2.45) is 0 Å². The molecule has 1 atom stereocenters. The Morgan fingerprint density at radius 3 is 2.54 bits per heavy atom. The van der Waals surface area contributed by atoms with Crippen molar-refractivity contribution in [2.45, 2.75) is 51.6 Å². The van der Waals surface area contributed by atoms with E-state index in [4.69, 9.17) is 16.2 Å². The summed E-state index contributed by atoms with van der Waals surface area (Å²) in [4.78, 5) is 54.8. The Kier molecular flexibility index (Phi) is 10.3. The van der Waals surface area contributed by atoms with E-state index < -0.39 is 17.9 Å². The van der Waals surface area contributed by atoms with Crippen LogP contribution >= 0.6 is 0 Å². The van der Waals surface area contributed by atoms with Crippen LogP contribution in [0.3, 0.4) is 0 Å². The molecule has 0 aliphatic rings. The van der Waals surface area contributed by atoms with Crippen molar-refractivity contribution in [1.82, 2.24) is 51.2 Å². The molecule has 0 aliphatic carbocycles. The number of nitrogen functional groups attached to an aromatic ring is 2. The lowest BCUT2D eigenvalue weighted by Crippen LogP contribution is -2.41. The molecule has 0 saturated carbocycles. The third-order valence-electron chi connectivity index (χ3n) is 7.70. The minimum atomic E-state index is -1.21. The SMILES string of the molecule is COc1cc(C(=O)N[C@@H](CCCNC(=O)c2ccc(C(C)(C)C)cc2-c2nn[nH]n2)C(=O)O)ccc1NCc1cnc2nc(N)nc(N)c2n1. The van der Waals surface area contributed by atoms with Gasteiger partial charge in [-0.15, -0.1) is 10.2 Å². The van der Waals surface area contributed by atoms with Gasteiger partial charge in [0.05, 0.1) is 36.8 Å². The highest BCUT2D eigenvalue weighted by Crippen LogP contribution is 2.29. The zero-order valence-corrected chi connectivity index (χ0v) is 27.8. The highest BCUT2D eigenvalue weighted by atomic mass is 16.5. The molecule has 9 N–H and O–H groups in total. The first kappa shape index (κ1) is 34.9. The van der Waals surface area contributed by atoms with Crippen molar-refractivity contribution in [3.63, 3.8) is 0 Å². The number of methoxy groups -OCH3 is 1. The molecule has 18 nitrogen and oxygen atoms in total. The first-order valence-corrected chi connectivity index (χ1v) is 15.5. The van der Waals surface area contributed by atoms with Crippen LogP contribution in [0.4, 0.5) is 17.5 Å². The second kappa shape index (κ2) is 14.8. The van der Waals surface area contributed by atoms with Crippen molar-refractivity contribution in [2.75, 3.05) is 30.4 Å². The number of hydrogen-bond acceptors (Lipinski definition) is 14. The molecule has 0 unspecified atom stereocenters. The number of nitrogens with two attached hydrogens (primary N) is 2. The lowest BCUT2D eigenvalue weighted by Gasteiger charge is -2.20. The molecular weight excluding hydrogens is 646 g/mol. The molecule has 2 amide bonds. The van der Waals surface area contributed by atoms with Gasteiger partial charge in [-0.3, -0.25) is 9.59 Å². The highest BCUT2D eigenvalue weighted by Gasteiger charge is 2.23. The second-order valence-electron chi connectivity index (χ2n) is 12.3. The third kappa shape index (κ3) is 8.15. The van der Waals surface area contributed by atoms with Crippen LogP contribution in [0.5, 0.6) is 5.75 Å². The Morgan fingerprint density at radius 2 is 1.84 bits per heavy atom. The molecule has 5 aromatic rings. The monoisotopic (exact) mass is 683 g/mol. The first-order chi connectivity index (χ1) is 23.8. The Labute approximate surface area is 285 Å². The van der Waals surface area contributed by atoms with E-state index in [-0.39, 0.29) is 66.1 Å². The Morgan fingerprint density at radius 1 is 1.04 bits per heavy atom. The van der Waals surface area contributed by atoms with Gasteiger partial charge in [-0.05, 0) is 59.4 Å². The second-order valence-corrected chi connectivity index (χ2v) is 12.3. The molecule has 0 radical (unpaired) electrons. The van der Waals surface area contributed by atoms with Crippen molar-refractivity contribution >= 4 is 46.4 Å². The van der Waals surface area contributed by atoms with Crippen LogP contribution < -0.4 is 32.2 Å². The molecular formula is C32H37N13O5. The van der Waals surface area contributed by atoms with Gasteiger partial charge in [0.2, 0.25) is 11.8 Å². The summed E-state index contributed by atoms with van der Waals surface area (Å²) >= 11 is 0. The zero-order valence-electron chi connectivity index (χ0n) is 27.8. The van der Waals surface area contributed by atoms with Gasteiger partial charge in [-0.1, -0.05) is 26.8 Å². The van der Waals surface area contributed by atoms with Crippen LogP contribution in [0.2, 0.25) is 0 Å². The first-order valence-electron chi connectivity index (χ1n) is 15.5. The summed E-state index contributed by atoms with van der Waals surface area (Å²) in [6.45, 7) is 6.55. The quantitative estimate of drug-likeness (QED) is 0.0875. The molecule has 0 saturated heterocycles. The average molecular weight is 684 g/mol. The Balaban J connectivity index is 1.17. The van der Waals surface area contributed by atoms with Gasteiger partial charge in [0.15, 0.2) is 17.0 Å². The largest absolute Gasteiger partial charge is 0.495 e. The Hall–Kier alpha value is -6.46. The molecule has 260 valence electrons. The molecule has 3 aromatic heterocycles. The fourth-order valence-corrected chi connectivity index (χ4v) is 5.00. The zero-order chi connectivity index (χ0) is 36.0. The summed E-state index contributed by atoms with van der Waals surface area (Å²) in [6, 6.07) is 8.88. The molecule has 0 aliphatic heterocycles. The minimum Gasteiger partial charge on any atom is -0.495 e. The number of aromatic nitrogens is 8. The molecule has 2 aromatic carbocycles. The van der Waals surface area contributed by atoms with E-state index in [0.29, 0.717) is 33.8 Å². The van der Waals surface area contributed by atoms with Gasteiger partial charge in [0.1, 0.15) is 11.8 Å². The number of carboxylic acid groups (broad SMARTS) is 1. The molecule has 50 heavy (non-hydrogen) atoms. The van der Waals surface area contributed by atoms with E-state index in [9.17, 15) is 19.5 Å². The molecule has 5 rings (SSSR count). The van der Waals surface area contributed by atoms with Crippen molar-refractivity contribution < 1.29 is 24.2 Å². The minimum absolute atomic E-state index is 0.00204. The number of tetrazole rings is 1. The maximum absolute atomic E-state index is 13.1. The number of aromatic amines is 1.